The van der Waals surface area contributed by atoms with Crippen LogP contribution in [0.15, 0.2) is 34.1 Å². The number of halogens is 1. The zero-order valence-corrected chi connectivity index (χ0v) is 11.9. The van der Waals surface area contributed by atoms with Crippen molar-refractivity contribution in [2.45, 2.75) is 6.92 Å². The molecule has 0 aliphatic heterocycles. The topological polar surface area (TPSA) is 26.3 Å². The van der Waals surface area contributed by atoms with Crippen molar-refractivity contribution < 1.29 is 9.53 Å². The van der Waals surface area contributed by atoms with E-state index >= 15 is 0 Å². The van der Waals surface area contributed by atoms with E-state index in [4.69, 9.17) is 4.74 Å². The van der Waals surface area contributed by atoms with E-state index < -0.39 is 0 Å². The molecular formula is C13H11BrO2S. The third-order valence-corrected chi connectivity index (χ3v) is 4.09. The van der Waals surface area contributed by atoms with Crippen molar-refractivity contribution in [2.75, 3.05) is 7.11 Å². The molecule has 88 valence electrons. The molecule has 0 fully saturated rings. The van der Waals surface area contributed by atoms with E-state index in [2.05, 4.69) is 15.9 Å². The highest BCUT2D eigenvalue weighted by molar-refractivity contribution is 9.10. The largest absolute Gasteiger partial charge is 0.465 e. The number of methoxy groups -OCH3 is 1. The van der Waals surface area contributed by atoms with Gasteiger partial charge in [-0.2, -0.15) is 0 Å². The molecule has 0 atom stereocenters. The Kier molecular flexibility index (Phi) is 3.64. The molecule has 4 heteroatoms. The Bertz CT molecular complexity index is 543. The number of hydrogen-bond donors (Lipinski definition) is 0. The van der Waals surface area contributed by atoms with Crippen LogP contribution in [0.5, 0.6) is 0 Å². The van der Waals surface area contributed by atoms with Gasteiger partial charge in [-0.25, -0.2) is 4.79 Å². The maximum Gasteiger partial charge on any atom is 0.348 e. The van der Waals surface area contributed by atoms with Gasteiger partial charge in [-0.15, -0.1) is 11.3 Å². The van der Waals surface area contributed by atoms with Gasteiger partial charge in [0, 0.05) is 10.0 Å². The number of rotatable bonds is 2. The first kappa shape index (κ1) is 12.3. The number of thiophene rings is 1. The van der Waals surface area contributed by atoms with Crippen LogP contribution in [-0.4, -0.2) is 13.1 Å². The predicted octanol–water partition coefficient (Wildman–Crippen LogP) is 4.27. The summed E-state index contributed by atoms with van der Waals surface area (Å²) in [6, 6.07) is 7.91. The summed E-state index contributed by atoms with van der Waals surface area (Å²) in [6.45, 7) is 2.00. The van der Waals surface area contributed by atoms with E-state index in [0.29, 0.717) is 4.88 Å². The number of hydrogen-bond acceptors (Lipinski definition) is 3. The molecule has 0 N–H and O–H groups in total. The van der Waals surface area contributed by atoms with Crippen molar-refractivity contribution >= 4 is 33.2 Å². The molecule has 0 bridgehead atoms. The SMILES string of the molecule is COC(=O)c1scc(C)c1-c1ccc(Br)cc1. The Morgan fingerprint density at radius 2 is 1.94 bits per heavy atom. The number of benzene rings is 1. The van der Waals surface area contributed by atoms with Gasteiger partial charge in [0.2, 0.25) is 0 Å². The maximum atomic E-state index is 11.7. The Morgan fingerprint density at radius 1 is 1.29 bits per heavy atom. The standard InChI is InChI=1S/C13H11BrO2S/c1-8-7-17-12(13(15)16-2)11(8)9-3-5-10(14)6-4-9/h3-7H,1-2H3. The van der Waals surface area contributed by atoms with Crippen LogP contribution in [0.2, 0.25) is 0 Å². The minimum atomic E-state index is -0.277. The first-order valence-electron chi connectivity index (χ1n) is 5.06. The summed E-state index contributed by atoms with van der Waals surface area (Å²) in [5, 5.41) is 1.98. The Balaban J connectivity index is 2.54. The van der Waals surface area contributed by atoms with Crippen LogP contribution in [0.3, 0.4) is 0 Å². The molecule has 0 saturated carbocycles. The van der Waals surface area contributed by atoms with Gasteiger partial charge in [-0.3, -0.25) is 0 Å². The molecule has 0 saturated heterocycles. The lowest BCUT2D eigenvalue weighted by Crippen LogP contribution is -2.00. The zero-order valence-electron chi connectivity index (χ0n) is 9.49. The number of carbonyl (C=O) groups is 1. The first-order chi connectivity index (χ1) is 8.13. The van der Waals surface area contributed by atoms with Gasteiger partial charge in [0.1, 0.15) is 4.88 Å². The van der Waals surface area contributed by atoms with E-state index in [1.165, 1.54) is 18.4 Å². The van der Waals surface area contributed by atoms with Crippen LogP contribution < -0.4 is 0 Å². The van der Waals surface area contributed by atoms with Crippen molar-refractivity contribution in [1.29, 1.82) is 0 Å². The molecule has 2 rings (SSSR count). The fourth-order valence-corrected chi connectivity index (χ4v) is 2.92. The lowest BCUT2D eigenvalue weighted by atomic mass is 10.0. The molecule has 1 aromatic heterocycles. The van der Waals surface area contributed by atoms with Crippen molar-refractivity contribution in [3.63, 3.8) is 0 Å². The van der Waals surface area contributed by atoms with Crippen LogP contribution in [0.4, 0.5) is 0 Å². The monoisotopic (exact) mass is 310 g/mol. The number of aryl methyl sites for hydroxylation is 1. The molecule has 0 radical (unpaired) electrons. The summed E-state index contributed by atoms with van der Waals surface area (Å²) in [4.78, 5) is 12.3. The molecular weight excluding hydrogens is 300 g/mol. The predicted molar refractivity (Wildman–Crippen MR) is 73.5 cm³/mol. The molecule has 2 aromatic rings. The van der Waals surface area contributed by atoms with Gasteiger partial charge in [0.05, 0.1) is 7.11 Å². The van der Waals surface area contributed by atoms with E-state index in [-0.39, 0.29) is 5.97 Å². The normalized spacial score (nSPS) is 10.3. The smallest absolute Gasteiger partial charge is 0.348 e. The molecule has 0 aliphatic carbocycles. The van der Waals surface area contributed by atoms with E-state index in [1.807, 2.05) is 36.6 Å². The van der Waals surface area contributed by atoms with Crippen LogP contribution in [-0.2, 0) is 4.74 Å². The van der Waals surface area contributed by atoms with Crippen molar-refractivity contribution in [2.24, 2.45) is 0 Å². The number of carbonyl (C=O) groups excluding carboxylic acids is 1. The van der Waals surface area contributed by atoms with Gasteiger partial charge < -0.3 is 4.74 Å². The number of ether oxygens (including phenoxy) is 1. The highest BCUT2D eigenvalue weighted by atomic mass is 79.9. The summed E-state index contributed by atoms with van der Waals surface area (Å²) >= 11 is 4.82. The summed E-state index contributed by atoms with van der Waals surface area (Å²) < 4.78 is 5.82. The minimum Gasteiger partial charge on any atom is -0.465 e. The quantitative estimate of drug-likeness (QED) is 0.774. The summed E-state index contributed by atoms with van der Waals surface area (Å²) in [6.07, 6.45) is 0. The highest BCUT2D eigenvalue weighted by Crippen LogP contribution is 2.33. The first-order valence-corrected chi connectivity index (χ1v) is 6.73. The van der Waals surface area contributed by atoms with Gasteiger partial charge in [0.15, 0.2) is 0 Å². The van der Waals surface area contributed by atoms with Crippen molar-refractivity contribution in [3.05, 3.63) is 44.6 Å². The van der Waals surface area contributed by atoms with Crippen LogP contribution >= 0.6 is 27.3 Å². The van der Waals surface area contributed by atoms with Crippen LogP contribution in [0.1, 0.15) is 15.2 Å². The summed E-state index contributed by atoms with van der Waals surface area (Å²) in [7, 11) is 1.41. The van der Waals surface area contributed by atoms with Crippen molar-refractivity contribution in [3.8, 4) is 11.1 Å². The average Bonchev–Trinajstić information content (AvgIpc) is 2.71. The molecule has 1 heterocycles. The molecule has 0 amide bonds. The van der Waals surface area contributed by atoms with Gasteiger partial charge in [-0.1, -0.05) is 28.1 Å². The van der Waals surface area contributed by atoms with Gasteiger partial charge >= 0.3 is 5.97 Å². The second kappa shape index (κ2) is 5.02. The van der Waals surface area contributed by atoms with E-state index in [9.17, 15) is 4.79 Å². The Morgan fingerprint density at radius 3 is 2.53 bits per heavy atom. The second-order valence-electron chi connectivity index (χ2n) is 3.62. The van der Waals surface area contributed by atoms with E-state index in [0.717, 1.165) is 21.2 Å². The third kappa shape index (κ3) is 2.42. The summed E-state index contributed by atoms with van der Waals surface area (Å²) in [5.74, 6) is -0.277. The average molecular weight is 311 g/mol. The second-order valence-corrected chi connectivity index (χ2v) is 5.42. The molecule has 2 nitrogen and oxygen atoms in total. The molecule has 0 aliphatic rings. The lowest BCUT2D eigenvalue weighted by Gasteiger charge is -2.04. The minimum absolute atomic E-state index is 0.277. The zero-order chi connectivity index (χ0) is 12.4. The molecule has 0 unspecified atom stereocenters. The van der Waals surface area contributed by atoms with Gasteiger partial charge in [0.25, 0.3) is 0 Å². The van der Waals surface area contributed by atoms with E-state index in [1.54, 1.807) is 0 Å². The van der Waals surface area contributed by atoms with Crippen LogP contribution in [0, 0.1) is 6.92 Å². The molecule has 0 spiro atoms. The highest BCUT2D eigenvalue weighted by Gasteiger charge is 2.17. The fraction of sp³-hybridized carbons (Fsp3) is 0.154. The summed E-state index contributed by atoms with van der Waals surface area (Å²) in [5.41, 5.74) is 3.10. The van der Waals surface area contributed by atoms with Crippen LogP contribution in [0.25, 0.3) is 11.1 Å². The lowest BCUT2D eigenvalue weighted by molar-refractivity contribution is 0.0607. The van der Waals surface area contributed by atoms with Crippen molar-refractivity contribution in [1.82, 2.24) is 0 Å². The maximum absolute atomic E-state index is 11.7. The fourth-order valence-electron chi connectivity index (χ4n) is 1.66. The van der Waals surface area contributed by atoms with Gasteiger partial charge in [-0.05, 0) is 35.6 Å². The Hall–Kier alpha value is -1.13. The Labute approximate surface area is 112 Å². The molecule has 1 aromatic carbocycles. The molecule has 17 heavy (non-hydrogen) atoms. The number of esters is 1. The third-order valence-electron chi connectivity index (χ3n) is 2.48.